The van der Waals surface area contributed by atoms with Crippen LogP contribution in [0.5, 0.6) is 0 Å². The van der Waals surface area contributed by atoms with Crippen molar-refractivity contribution in [2.45, 2.75) is 50.4 Å². The molecule has 0 fully saturated rings. The maximum Gasteiger partial charge on any atom is 0.222 e. The standard InChI is InChI=1S/C24H26N4/c25-23-21(19-13-5-9-15-7-1-3-11-17(15)19)22(27-24(26)28-23)20-14-6-10-16-8-2-4-12-18(16)20/h1-4,7-8,11-12,19-20H,5-6,9-10,13-14H2,(H4,25,26,27,28)/t19?,20-/m1/s1. The number of nitrogen functional groups attached to an aromatic ring is 2. The van der Waals surface area contributed by atoms with Gasteiger partial charge in [0, 0.05) is 17.4 Å². The van der Waals surface area contributed by atoms with Gasteiger partial charge < -0.3 is 11.5 Å². The Morgan fingerprint density at radius 3 is 1.96 bits per heavy atom. The van der Waals surface area contributed by atoms with Gasteiger partial charge in [-0.3, -0.25) is 0 Å². The molecule has 5 rings (SSSR count). The van der Waals surface area contributed by atoms with Crippen LogP contribution in [0.15, 0.2) is 48.5 Å². The zero-order valence-electron chi connectivity index (χ0n) is 16.1. The van der Waals surface area contributed by atoms with Crippen LogP contribution in [0.25, 0.3) is 0 Å². The van der Waals surface area contributed by atoms with E-state index in [9.17, 15) is 0 Å². The molecule has 1 unspecified atom stereocenters. The van der Waals surface area contributed by atoms with E-state index in [4.69, 9.17) is 16.5 Å². The lowest BCUT2D eigenvalue weighted by molar-refractivity contribution is 0.573. The summed E-state index contributed by atoms with van der Waals surface area (Å²) in [7, 11) is 0. The molecule has 0 radical (unpaired) electrons. The fraction of sp³-hybridized carbons (Fsp3) is 0.333. The number of aromatic nitrogens is 2. The Kier molecular flexibility index (Phi) is 4.27. The number of nitrogens with two attached hydrogens (primary N) is 2. The second-order valence-corrected chi connectivity index (χ2v) is 8.05. The molecule has 4 nitrogen and oxygen atoms in total. The van der Waals surface area contributed by atoms with Gasteiger partial charge >= 0.3 is 0 Å². The number of anilines is 2. The first-order valence-electron chi connectivity index (χ1n) is 10.3. The fourth-order valence-corrected chi connectivity index (χ4v) is 5.24. The summed E-state index contributed by atoms with van der Waals surface area (Å²) in [5.74, 6) is 1.31. The molecular weight excluding hydrogens is 344 g/mol. The highest BCUT2D eigenvalue weighted by Gasteiger charge is 2.32. The van der Waals surface area contributed by atoms with E-state index in [0.29, 0.717) is 5.82 Å². The summed E-state index contributed by atoms with van der Waals surface area (Å²) in [6.07, 6.45) is 6.73. The second-order valence-electron chi connectivity index (χ2n) is 8.05. The van der Waals surface area contributed by atoms with Gasteiger partial charge in [0.2, 0.25) is 5.95 Å². The number of benzene rings is 2. The van der Waals surface area contributed by atoms with Crippen molar-refractivity contribution < 1.29 is 0 Å². The molecule has 1 heterocycles. The van der Waals surface area contributed by atoms with E-state index in [2.05, 4.69) is 53.5 Å². The highest BCUT2D eigenvalue weighted by Crippen LogP contribution is 2.45. The van der Waals surface area contributed by atoms with Crippen LogP contribution < -0.4 is 11.5 Å². The minimum absolute atomic E-state index is 0.238. The number of nitrogens with zero attached hydrogens (tertiary/aromatic N) is 2. The quantitative estimate of drug-likeness (QED) is 0.692. The molecule has 0 bridgehead atoms. The predicted octanol–water partition coefficient (Wildman–Crippen LogP) is 4.58. The van der Waals surface area contributed by atoms with Gasteiger partial charge in [0.1, 0.15) is 5.82 Å². The van der Waals surface area contributed by atoms with E-state index in [-0.39, 0.29) is 17.8 Å². The third-order valence-electron chi connectivity index (χ3n) is 6.44. The molecular formula is C24H26N4. The number of hydrogen-bond donors (Lipinski definition) is 2. The van der Waals surface area contributed by atoms with Crippen molar-refractivity contribution in [2.75, 3.05) is 11.5 Å². The third-order valence-corrected chi connectivity index (χ3v) is 6.44. The third kappa shape index (κ3) is 2.84. The van der Waals surface area contributed by atoms with Crippen molar-refractivity contribution in [1.29, 1.82) is 0 Å². The van der Waals surface area contributed by atoms with E-state index in [1.165, 1.54) is 22.3 Å². The normalized spacial score (nSPS) is 21.0. The van der Waals surface area contributed by atoms with Crippen LogP contribution >= 0.6 is 0 Å². The molecule has 2 aliphatic rings. The molecule has 4 heteroatoms. The minimum Gasteiger partial charge on any atom is -0.383 e. The van der Waals surface area contributed by atoms with Crippen molar-refractivity contribution in [1.82, 2.24) is 9.97 Å². The van der Waals surface area contributed by atoms with Crippen molar-refractivity contribution in [3.05, 3.63) is 82.0 Å². The lowest BCUT2D eigenvalue weighted by Crippen LogP contribution is -2.21. The smallest absolute Gasteiger partial charge is 0.222 e. The van der Waals surface area contributed by atoms with Crippen molar-refractivity contribution >= 4 is 11.8 Å². The van der Waals surface area contributed by atoms with Crippen LogP contribution in [-0.4, -0.2) is 9.97 Å². The summed E-state index contributed by atoms with van der Waals surface area (Å²) in [5.41, 5.74) is 20.3. The molecule has 0 amide bonds. The van der Waals surface area contributed by atoms with Gasteiger partial charge in [0.05, 0.1) is 5.69 Å². The van der Waals surface area contributed by atoms with E-state index in [0.717, 1.165) is 49.8 Å². The summed E-state index contributed by atoms with van der Waals surface area (Å²) >= 11 is 0. The van der Waals surface area contributed by atoms with E-state index < -0.39 is 0 Å². The summed E-state index contributed by atoms with van der Waals surface area (Å²) in [6, 6.07) is 17.5. The molecule has 1 aromatic heterocycles. The summed E-state index contributed by atoms with van der Waals surface area (Å²) < 4.78 is 0. The highest BCUT2D eigenvalue weighted by molar-refractivity contribution is 5.56. The summed E-state index contributed by atoms with van der Waals surface area (Å²) in [4.78, 5) is 9.17. The van der Waals surface area contributed by atoms with Crippen LogP contribution in [0.4, 0.5) is 11.8 Å². The van der Waals surface area contributed by atoms with Crippen molar-refractivity contribution in [3.8, 4) is 0 Å². The average Bonchev–Trinajstić information content (AvgIpc) is 2.72. The fourth-order valence-electron chi connectivity index (χ4n) is 5.24. The van der Waals surface area contributed by atoms with Gasteiger partial charge in [-0.15, -0.1) is 0 Å². The van der Waals surface area contributed by atoms with Crippen LogP contribution in [0.3, 0.4) is 0 Å². The first-order valence-corrected chi connectivity index (χ1v) is 10.3. The van der Waals surface area contributed by atoms with Gasteiger partial charge in [-0.1, -0.05) is 48.5 Å². The number of hydrogen-bond acceptors (Lipinski definition) is 4. The Morgan fingerprint density at radius 2 is 1.29 bits per heavy atom. The van der Waals surface area contributed by atoms with Gasteiger partial charge in [0.15, 0.2) is 0 Å². The lowest BCUT2D eigenvalue weighted by atomic mass is 9.74. The van der Waals surface area contributed by atoms with Crippen LogP contribution in [0, 0.1) is 0 Å². The minimum atomic E-state index is 0.238. The molecule has 0 aliphatic heterocycles. The number of fused-ring (bicyclic) bond motifs is 2. The Bertz CT molecular complexity index is 1030. The van der Waals surface area contributed by atoms with Crippen LogP contribution in [0.1, 0.15) is 71.0 Å². The molecule has 4 N–H and O–H groups in total. The molecule has 2 aliphatic carbocycles. The zero-order chi connectivity index (χ0) is 19.1. The summed E-state index contributed by atoms with van der Waals surface area (Å²) in [5, 5.41) is 0. The zero-order valence-corrected chi connectivity index (χ0v) is 16.1. The molecule has 28 heavy (non-hydrogen) atoms. The Morgan fingerprint density at radius 1 is 0.714 bits per heavy atom. The Hall–Kier alpha value is -2.88. The molecule has 0 saturated carbocycles. The maximum absolute atomic E-state index is 6.51. The SMILES string of the molecule is Nc1nc(N)c(C2CCCc3ccccc32)c([C@@H]2CCCc3ccccc32)n1. The molecule has 2 aromatic carbocycles. The van der Waals surface area contributed by atoms with E-state index >= 15 is 0 Å². The average molecular weight is 371 g/mol. The van der Waals surface area contributed by atoms with Crippen LogP contribution in [-0.2, 0) is 12.8 Å². The monoisotopic (exact) mass is 370 g/mol. The molecule has 2 atom stereocenters. The summed E-state index contributed by atoms with van der Waals surface area (Å²) in [6.45, 7) is 0. The van der Waals surface area contributed by atoms with Gasteiger partial charge in [-0.2, -0.15) is 4.98 Å². The first-order chi connectivity index (χ1) is 13.7. The largest absolute Gasteiger partial charge is 0.383 e. The topological polar surface area (TPSA) is 77.8 Å². The van der Waals surface area contributed by atoms with Gasteiger partial charge in [-0.25, -0.2) is 4.98 Å². The maximum atomic E-state index is 6.51. The van der Waals surface area contributed by atoms with Crippen molar-refractivity contribution in [2.24, 2.45) is 0 Å². The second kappa shape index (κ2) is 6.93. The number of rotatable bonds is 2. The molecule has 0 saturated heterocycles. The highest BCUT2D eigenvalue weighted by atomic mass is 15.0. The molecule has 142 valence electrons. The Balaban J connectivity index is 1.70. The molecule has 0 spiro atoms. The van der Waals surface area contributed by atoms with E-state index in [1.54, 1.807) is 0 Å². The Labute approximate surface area is 166 Å². The van der Waals surface area contributed by atoms with Crippen LogP contribution in [0.2, 0.25) is 0 Å². The van der Waals surface area contributed by atoms with Gasteiger partial charge in [-0.05, 0) is 60.8 Å². The molecule has 3 aromatic rings. The van der Waals surface area contributed by atoms with E-state index in [1.807, 2.05) is 0 Å². The van der Waals surface area contributed by atoms with Gasteiger partial charge in [0.25, 0.3) is 0 Å². The predicted molar refractivity (Wildman–Crippen MR) is 113 cm³/mol. The lowest BCUT2D eigenvalue weighted by Gasteiger charge is -2.32. The van der Waals surface area contributed by atoms with Crippen molar-refractivity contribution in [3.63, 3.8) is 0 Å². The number of aryl methyl sites for hydroxylation is 2. The first kappa shape index (κ1) is 17.2.